The summed E-state index contributed by atoms with van der Waals surface area (Å²) in [6, 6.07) is 16.8. The standard InChI is InChI=1S/C21H18N2O4S/c22-19(24)9-10-26-17-8-4-2-6-15(17)23-21(25)18-11-13-12-27-16-7-3-1-5-14(16)20(13)28-18/h1-8,11H,9-10,12H2,(H2,22,24)(H,23,25). The lowest BCUT2D eigenvalue weighted by molar-refractivity contribution is -0.118. The van der Waals surface area contributed by atoms with Crippen LogP contribution in [-0.2, 0) is 11.4 Å². The molecule has 0 saturated carbocycles. The summed E-state index contributed by atoms with van der Waals surface area (Å²) in [6.07, 6.45) is 0.110. The summed E-state index contributed by atoms with van der Waals surface area (Å²) < 4.78 is 11.3. The lowest BCUT2D eigenvalue weighted by Gasteiger charge is -2.16. The van der Waals surface area contributed by atoms with Crippen molar-refractivity contribution < 1.29 is 19.1 Å². The molecule has 0 atom stereocenters. The highest BCUT2D eigenvalue weighted by molar-refractivity contribution is 7.17. The number of ether oxygens (including phenoxy) is 2. The SMILES string of the molecule is NC(=O)CCOc1ccccc1NC(=O)c1cc2c(s1)-c1ccccc1OC2. The van der Waals surface area contributed by atoms with E-state index in [1.165, 1.54) is 11.3 Å². The molecule has 0 bridgehead atoms. The van der Waals surface area contributed by atoms with Gasteiger partial charge in [0.1, 0.15) is 18.1 Å². The number of carbonyl (C=O) groups is 2. The third-order valence-electron chi connectivity index (χ3n) is 4.29. The quantitative estimate of drug-likeness (QED) is 0.665. The van der Waals surface area contributed by atoms with Crippen molar-refractivity contribution in [2.45, 2.75) is 13.0 Å². The number of para-hydroxylation sites is 3. The molecule has 0 saturated heterocycles. The third-order valence-corrected chi connectivity index (χ3v) is 5.50. The topological polar surface area (TPSA) is 90.7 Å². The first-order chi connectivity index (χ1) is 13.6. The number of fused-ring (bicyclic) bond motifs is 3. The van der Waals surface area contributed by atoms with Gasteiger partial charge in [0.2, 0.25) is 5.91 Å². The number of nitrogens with one attached hydrogen (secondary N) is 1. The number of rotatable bonds is 6. The minimum Gasteiger partial charge on any atom is -0.491 e. The maximum Gasteiger partial charge on any atom is 0.265 e. The van der Waals surface area contributed by atoms with Gasteiger partial charge in [0.15, 0.2) is 0 Å². The first-order valence-corrected chi connectivity index (χ1v) is 9.60. The van der Waals surface area contributed by atoms with Gasteiger partial charge in [-0.1, -0.05) is 24.3 Å². The van der Waals surface area contributed by atoms with E-state index in [1.807, 2.05) is 30.3 Å². The van der Waals surface area contributed by atoms with E-state index in [1.54, 1.807) is 24.3 Å². The summed E-state index contributed by atoms with van der Waals surface area (Å²) >= 11 is 1.44. The number of nitrogens with two attached hydrogens (primary N) is 1. The van der Waals surface area contributed by atoms with Gasteiger partial charge in [0, 0.05) is 16.0 Å². The molecule has 6 nitrogen and oxygen atoms in total. The zero-order valence-corrected chi connectivity index (χ0v) is 15.8. The van der Waals surface area contributed by atoms with Crippen LogP contribution < -0.4 is 20.5 Å². The highest BCUT2D eigenvalue weighted by Crippen LogP contribution is 2.42. The Hall–Kier alpha value is -3.32. The number of benzene rings is 2. The maximum absolute atomic E-state index is 12.8. The fourth-order valence-corrected chi connectivity index (χ4v) is 4.05. The number of hydrogen-bond donors (Lipinski definition) is 2. The van der Waals surface area contributed by atoms with Crippen molar-refractivity contribution in [3.63, 3.8) is 0 Å². The highest BCUT2D eigenvalue weighted by Gasteiger charge is 2.22. The van der Waals surface area contributed by atoms with Crippen molar-refractivity contribution in [3.05, 3.63) is 65.0 Å². The lowest BCUT2D eigenvalue weighted by atomic mass is 10.1. The van der Waals surface area contributed by atoms with E-state index < -0.39 is 5.91 Å². The summed E-state index contributed by atoms with van der Waals surface area (Å²) in [7, 11) is 0. The highest BCUT2D eigenvalue weighted by atomic mass is 32.1. The largest absolute Gasteiger partial charge is 0.491 e. The fourth-order valence-electron chi connectivity index (χ4n) is 2.95. The zero-order valence-electron chi connectivity index (χ0n) is 14.9. The monoisotopic (exact) mass is 394 g/mol. The average Bonchev–Trinajstić information content (AvgIpc) is 3.14. The lowest BCUT2D eigenvalue weighted by Crippen LogP contribution is -2.16. The second kappa shape index (κ2) is 7.74. The molecule has 2 amide bonds. The molecule has 4 rings (SSSR count). The Balaban J connectivity index is 1.53. The van der Waals surface area contributed by atoms with Crippen molar-refractivity contribution in [3.8, 4) is 21.9 Å². The van der Waals surface area contributed by atoms with Crippen LogP contribution in [0.1, 0.15) is 21.7 Å². The molecule has 0 spiro atoms. The molecule has 0 aliphatic carbocycles. The molecule has 2 heterocycles. The van der Waals surface area contributed by atoms with Gasteiger partial charge in [-0.3, -0.25) is 9.59 Å². The molecule has 28 heavy (non-hydrogen) atoms. The minimum atomic E-state index is -0.437. The van der Waals surface area contributed by atoms with Crippen LogP contribution in [-0.4, -0.2) is 18.4 Å². The van der Waals surface area contributed by atoms with Gasteiger partial charge in [-0.05, 0) is 30.3 Å². The van der Waals surface area contributed by atoms with Gasteiger partial charge in [-0.25, -0.2) is 0 Å². The predicted molar refractivity (Wildman–Crippen MR) is 108 cm³/mol. The van der Waals surface area contributed by atoms with E-state index in [2.05, 4.69) is 5.32 Å². The van der Waals surface area contributed by atoms with Crippen LogP contribution in [0, 0.1) is 0 Å². The minimum absolute atomic E-state index is 0.110. The maximum atomic E-state index is 12.8. The molecule has 0 unspecified atom stereocenters. The Labute approximate surface area is 165 Å². The summed E-state index contributed by atoms with van der Waals surface area (Å²) in [5.74, 6) is 0.667. The molecule has 0 radical (unpaired) electrons. The van der Waals surface area contributed by atoms with Crippen LogP contribution in [0.5, 0.6) is 11.5 Å². The van der Waals surface area contributed by atoms with Crippen molar-refractivity contribution in [1.82, 2.24) is 0 Å². The van der Waals surface area contributed by atoms with Crippen LogP contribution in [0.4, 0.5) is 5.69 Å². The molecule has 1 aliphatic rings. The molecule has 2 aromatic carbocycles. The molecule has 3 aromatic rings. The van der Waals surface area contributed by atoms with Gasteiger partial charge in [-0.15, -0.1) is 11.3 Å². The predicted octanol–water partition coefficient (Wildman–Crippen LogP) is 3.81. The van der Waals surface area contributed by atoms with Crippen LogP contribution in [0.25, 0.3) is 10.4 Å². The second-order valence-corrected chi connectivity index (χ2v) is 7.32. The number of thiophene rings is 1. The third kappa shape index (κ3) is 3.70. The molecule has 0 fully saturated rings. The van der Waals surface area contributed by atoms with Crippen molar-refractivity contribution in [2.24, 2.45) is 5.73 Å². The average molecular weight is 394 g/mol. The smallest absolute Gasteiger partial charge is 0.265 e. The van der Waals surface area contributed by atoms with Crippen LogP contribution in [0.3, 0.4) is 0 Å². The first-order valence-electron chi connectivity index (χ1n) is 8.78. The van der Waals surface area contributed by atoms with Gasteiger partial charge < -0.3 is 20.5 Å². The second-order valence-electron chi connectivity index (χ2n) is 6.26. The molecule has 142 valence electrons. The van der Waals surface area contributed by atoms with Gasteiger partial charge >= 0.3 is 0 Å². The van der Waals surface area contributed by atoms with E-state index >= 15 is 0 Å². The number of amides is 2. The Kier molecular flexibility index (Phi) is 4.99. The van der Waals surface area contributed by atoms with Crippen LogP contribution >= 0.6 is 11.3 Å². The summed E-state index contributed by atoms with van der Waals surface area (Å²) in [5, 5.41) is 2.89. The first kappa shape index (κ1) is 18.1. The van der Waals surface area contributed by atoms with E-state index in [9.17, 15) is 9.59 Å². The summed E-state index contributed by atoms with van der Waals surface area (Å²) in [4.78, 5) is 25.3. The molecule has 3 N–H and O–H groups in total. The van der Waals surface area contributed by atoms with Crippen molar-refractivity contribution in [1.29, 1.82) is 0 Å². The van der Waals surface area contributed by atoms with E-state index in [-0.39, 0.29) is 18.9 Å². The number of anilines is 1. The number of carbonyl (C=O) groups excluding carboxylic acids is 2. The van der Waals surface area contributed by atoms with Crippen LogP contribution in [0.15, 0.2) is 54.6 Å². The zero-order chi connectivity index (χ0) is 19.5. The van der Waals surface area contributed by atoms with E-state index in [4.69, 9.17) is 15.2 Å². The van der Waals surface area contributed by atoms with Crippen LogP contribution in [0.2, 0.25) is 0 Å². The Bertz CT molecular complexity index is 1040. The normalized spacial score (nSPS) is 11.7. The van der Waals surface area contributed by atoms with Gasteiger partial charge in [0.25, 0.3) is 5.91 Å². The van der Waals surface area contributed by atoms with E-state index in [0.29, 0.717) is 22.9 Å². The molecule has 7 heteroatoms. The summed E-state index contributed by atoms with van der Waals surface area (Å²) in [5.41, 5.74) is 7.68. The summed E-state index contributed by atoms with van der Waals surface area (Å²) in [6.45, 7) is 0.604. The molecule has 1 aromatic heterocycles. The number of primary amides is 1. The van der Waals surface area contributed by atoms with Crippen molar-refractivity contribution >= 4 is 28.8 Å². The molecule has 1 aliphatic heterocycles. The van der Waals surface area contributed by atoms with Gasteiger partial charge in [0.05, 0.1) is 23.6 Å². The molecular formula is C21H18N2O4S. The van der Waals surface area contributed by atoms with Gasteiger partial charge in [-0.2, -0.15) is 0 Å². The Morgan fingerprint density at radius 1 is 1.14 bits per heavy atom. The van der Waals surface area contributed by atoms with E-state index in [0.717, 1.165) is 21.8 Å². The van der Waals surface area contributed by atoms with Crippen molar-refractivity contribution in [2.75, 3.05) is 11.9 Å². The fraction of sp³-hybridized carbons (Fsp3) is 0.143. The molecular weight excluding hydrogens is 376 g/mol. The Morgan fingerprint density at radius 3 is 2.79 bits per heavy atom. The Morgan fingerprint density at radius 2 is 1.93 bits per heavy atom. The number of hydrogen-bond acceptors (Lipinski definition) is 5.